The van der Waals surface area contributed by atoms with E-state index in [1.54, 1.807) is 0 Å². The van der Waals surface area contributed by atoms with Crippen LogP contribution in [-0.2, 0) is 6.42 Å². The summed E-state index contributed by atoms with van der Waals surface area (Å²) in [5.74, 6) is 6.30. The Hall–Kier alpha value is -2.33. The summed E-state index contributed by atoms with van der Waals surface area (Å²) in [5, 5.41) is 7.71. The molecule has 0 heterocycles. The summed E-state index contributed by atoms with van der Waals surface area (Å²) in [7, 11) is 0. The van der Waals surface area contributed by atoms with E-state index in [2.05, 4.69) is 35.8 Å². The lowest BCUT2D eigenvalue weighted by atomic mass is 10.0. The standard InChI is InChI=1S/C28H43N3O/c29-28(31-30)26-21-17-22-27(24-26)32-23-16-11-9-7-5-3-1-2-4-6-8-10-13-18-25-19-14-12-15-20-25/h12,14-15,17,19-22,24H,1-11,13,16,18,23,30H2,(H2,29,31). The number of ether oxygens (including phenoxy) is 1. The van der Waals surface area contributed by atoms with Crippen molar-refractivity contribution >= 4 is 5.84 Å². The summed E-state index contributed by atoms with van der Waals surface area (Å²) in [5.41, 5.74) is 4.59. The Morgan fingerprint density at radius 1 is 0.688 bits per heavy atom. The van der Waals surface area contributed by atoms with Crippen LogP contribution < -0.4 is 16.0 Å². The predicted molar refractivity (Wildman–Crippen MR) is 136 cm³/mol. The van der Waals surface area contributed by atoms with Gasteiger partial charge < -0.3 is 10.2 Å². The first-order valence-corrected chi connectivity index (χ1v) is 12.6. The number of unbranched alkanes of at least 4 members (excludes halogenated alkanes) is 12. The molecule has 32 heavy (non-hydrogen) atoms. The highest BCUT2D eigenvalue weighted by molar-refractivity contribution is 5.96. The molecule has 4 heteroatoms. The monoisotopic (exact) mass is 437 g/mol. The normalized spacial score (nSPS) is 10.8. The van der Waals surface area contributed by atoms with E-state index in [4.69, 9.17) is 16.0 Å². The third-order valence-electron chi connectivity index (χ3n) is 5.99. The third-order valence-corrected chi connectivity index (χ3v) is 5.99. The van der Waals surface area contributed by atoms with Gasteiger partial charge in [0.15, 0.2) is 0 Å². The molecule has 0 spiro atoms. The lowest BCUT2D eigenvalue weighted by Gasteiger charge is -2.08. The van der Waals surface area contributed by atoms with Crippen LogP contribution in [0.3, 0.4) is 0 Å². The Balaban J connectivity index is 1.32. The van der Waals surface area contributed by atoms with Crippen LogP contribution in [0.4, 0.5) is 0 Å². The Bertz CT molecular complexity index is 732. The van der Waals surface area contributed by atoms with Gasteiger partial charge >= 0.3 is 0 Å². The Kier molecular flexibility index (Phi) is 14.0. The molecule has 2 aromatic carbocycles. The summed E-state index contributed by atoms with van der Waals surface area (Å²) < 4.78 is 5.81. The van der Waals surface area contributed by atoms with Crippen molar-refractivity contribution in [3.8, 4) is 5.75 Å². The summed E-state index contributed by atoms with van der Waals surface area (Å²) in [6.07, 6.45) is 18.7. The summed E-state index contributed by atoms with van der Waals surface area (Å²) in [4.78, 5) is 0. The van der Waals surface area contributed by atoms with Crippen LogP contribution in [0.2, 0.25) is 0 Å². The van der Waals surface area contributed by atoms with Crippen molar-refractivity contribution < 1.29 is 4.74 Å². The van der Waals surface area contributed by atoms with E-state index in [-0.39, 0.29) is 5.84 Å². The SMILES string of the molecule is N=C(NN)c1cccc(OCCCCCCCCCCCCCCCc2ccccc2)c1. The molecule has 0 unspecified atom stereocenters. The number of hydrazine groups is 1. The Morgan fingerprint density at radius 2 is 1.25 bits per heavy atom. The fourth-order valence-electron chi connectivity index (χ4n) is 4.04. The van der Waals surface area contributed by atoms with Gasteiger partial charge in [0.1, 0.15) is 11.6 Å². The van der Waals surface area contributed by atoms with Gasteiger partial charge in [-0.3, -0.25) is 5.41 Å². The quantitative estimate of drug-likeness (QED) is 0.0761. The van der Waals surface area contributed by atoms with Crippen LogP contribution in [0.25, 0.3) is 0 Å². The molecule has 0 bridgehead atoms. The zero-order valence-corrected chi connectivity index (χ0v) is 19.8. The summed E-state index contributed by atoms with van der Waals surface area (Å²) in [6, 6.07) is 18.4. The number of amidine groups is 1. The fraction of sp³-hybridized carbons (Fsp3) is 0.536. The van der Waals surface area contributed by atoms with Crippen molar-refractivity contribution in [2.45, 2.75) is 89.9 Å². The highest BCUT2D eigenvalue weighted by atomic mass is 16.5. The number of rotatable bonds is 18. The van der Waals surface area contributed by atoms with E-state index in [9.17, 15) is 0 Å². The summed E-state index contributed by atoms with van der Waals surface area (Å²) in [6.45, 7) is 0.734. The minimum absolute atomic E-state index is 0.203. The minimum Gasteiger partial charge on any atom is -0.494 e. The smallest absolute Gasteiger partial charge is 0.139 e. The van der Waals surface area contributed by atoms with Gasteiger partial charge in [-0.05, 0) is 37.0 Å². The highest BCUT2D eigenvalue weighted by Crippen LogP contribution is 2.15. The highest BCUT2D eigenvalue weighted by Gasteiger charge is 2.01. The first kappa shape index (κ1) is 25.9. The Morgan fingerprint density at radius 3 is 1.84 bits per heavy atom. The second-order valence-electron chi connectivity index (χ2n) is 8.73. The maximum atomic E-state index is 7.71. The number of aryl methyl sites for hydroxylation is 1. The Labute approximate surface area is 195 Å². The molecule has 2 aromatic rings. The molecule has 0 aliphatic heterocycles. The maximum absolute atomic E-state index is 7.71. The van der Waals surface area contributed by atoms with Gasteiger partial charge in [0.25, 0.3) is 0 Å². The van der Waals surface area contributed by atoms with E-state index in [0.29, 0.717) is 0 Å². The molecule has 0 fully saturated rings. The minimum atomic E-state index is 0.203. The molecular weight excluding hydrogens is 394 g/mol. The maximum Gasteiger partial charge on any atom is 0.139 e. The lowest BCUT2D eigenvalue weighted by Crippen LogP contribution is -2.29. The number of hydrogen-bond donors (Lipinski definition) is 3. The van der Waals surface area contributed by atoms with Crippen molar-refractivity contribution in [2.75, 3.05) is 6.61 Å². The average molecular weight is 438 g/mol. The summed E-state index contributed by atoms with van der Waals surface area (Å²) >= 11 is 0. The number of nitrogens with two attached hydrogens (primary N) is 1. The molecule has 0 aliphatic rings. The second-order valence-corrected chi connectivity index (χ2v) is 8.73. The van der Waals surface area contributed by atoms with E-state index in [1.165, 1.54) is 89.0 Å². The van der Waals surface area contributed by atoms with Gasteiger partial charge in [-0.1, -0.05) is 113 Å². The number of hydrogen-bond acceptors (Lipinski definition) is 3. The molecule has 176 valence electrons. The van der Waals surface area contributed by atoms with Crippen molar-refractivity contribution in [3.63, 3.8) is 0 Å². The number of nitrogens with one attached hydrogen (secondary N) is 2. The zero-order chi connectivity index (χ0) is 22.7. The van der Waals surface area contributed by atoms with Gasteiger partial charge in [0.2, 0.25) is 0 Å². The molecule has 0 atom stereocenters. The van der Waals surface area contributed by atoms with Crippen LogP contribution in [0.5, 0.6) is 5.75 Å². The van der Waals surface area contributed by atoms with Crippen LogP contribution in [0, 0.1) is 5.41 Å². The largest absolute Gasteiger partial charge is 0.494 e. The van der Waals surface area contributed by atoms with Gasteiger partial charge in [-0.2, -0.15) is 0 Å². The molecule has 2 rings (SSSR count). The van der Waals surface area contributed by atoms with Crippen molar-refractivity contribution in [1.29, 1.82) is 5.41 Å². The van der Waals surface area contributed by atoms with Gasteiger partial charge in [-0.15, -0.1) is 0 Å². The molecule has 0 saturated carbocycles. The topological polar surface area (TPSA) is 71.1 Å². The molecular formula is C28H43N3O. The average Bonchev–Trinajstić information content (AvgIpc) is 2.84. The van der Waals surface area contributed by atoms with E-state index >= 15 is 0 Å². The van der Waals surface area contributed by atoms with Crippen LogP contribution in [0.1, 0.15) is 94.6 Å². The van der Waals surface area contributed by atoms with Crippen LogP contribution in [0.15, 0.2) is 54.6 Å². The van der Waals surface area contributed by atoms with Crippen LogP contribution >= 0.6 is 0 Å². The first-order chi connectivity index (χ1) is 15.8. The van der Waals surface area contributed by atoms with E-state index in [1.807, 2.05) is 24.3 Å². The number of benzene rings is 2. The van der Waals surface area contributed by atoms with Crippen molar-refractivity contribution in [3.05, 3.63) is 65.7 Å². The molecule has 4 N–H and O–H groups in total. The molecule has 0 saturated heterocycles. The van der Waals surface area contributed by atoms with Crippen molar-refractivity contribution in [2.24, 2.45) is 5.84 Å². The van der Waals surface area contributed by atoms with Gasteiger partial charge in [0.05, 0.1) is 6.61 Å². The first-order valence-electron chi connectivity index (χ1n) is 12.6. The molecule has 0 amide bonds. The van der Waals surface area contributed by atoms with Crippen molar-refractivity contribution in [1.82, 2.24) is 5.43 Å². The van der Waals surface area contributed by atoms with E-state index < -0.39 is 0 Å². The fourth-order valence-corrected chi connectivity index (χ4v) is 4.04. The van der Waals surface area contributed by atoms with E-state index in [0.717, 1.165) is 24.3 Å². The molecule has 0 radical (unpaired) electrons. The molecule has 0 aliphatic carbocycles. The molecule has 0 aromatic heterocycles. The molecule has 4 nitrogen and oxygen atoms in total. The van der Waals surface area contributed by atoms with Gasteiger partial charge in [-0.25, -0.2) is 5.84 Å². The lowest BCUT2D eigenvalue weighted by molar-refractivity contribution is 0.304. The zero-order valence-electron chi connectivity index (χ0n) is 19.8. The second kappa shape index (κ2) is 17.3. The third kappa shape index (κ3) is 11.9. The van der Waals surface area contributed by atoms with Gasteiger partial charge in [0, 0.05) is 5.56 Å². The van der Waals surface area contributed by atoms with Crippen LogP contribution in [-0.4, -0.2) is 12.4 Å². The predicted octanol–water partition coefficient (Wildman–Crippen LogP) is 7.17.